The fourth-order valence-corrected chi connectivity index (χ4v) is 2.44. The van der Waals surface area contributed by atoms with Crippen molar-refractivity contribution in [3.05, 3.63) is 36.6 Å². The zero-order chi connectivity index (χ0) is 11.4. The minimum Gasteiger partial charge on any atom is -0.362 e. The average Bonchev–Trinajstić information content (AvgIpc) is 2.39. The van der Waals surface area contributed by atoms with Crippen LogP contribution in [0.25, 0.3) is 0 Å². The molecular formula is C14H21NO. The summed E-state index contributed by atoms with van der Waals surface area (Å²) in [4.78, 5) is 2.29. The van der Waals surface area contributed by atoms with Gasteiger partial charge in [-0.15, -0.1) is 0 Å². The van der Waals surface area contributed by atoms with E-state index >= 15 is 0 Å². The first-order chi connectivity index (χ1) is 7.81. The first-order valence-electron chi connectivity index (χ1n) is 6.10. The van der Waals surface area contributed by atoms with E-state index in [-0.39, 0.29) is 6.23 Å². The molecule has 88 valence electrons. The number of hydrogen-bond acceptors (Lipinski definition) is 2. The van der Waals surface area contributed by atoms with Gasteiger partial charge in [0.15, 0.2) is 0 Å². The molecule has 0 spiro atoms. The highest BCUT2D eigenvalue weighted by Gasteiger charge is 2.24. The average molecular weight is 219 g/mol. The van der Waals surface area contributed by atoms with Crippen molar-refractivity contribution < 1.29 is 4.74 Å². The summed E-state index contributed by atoms with van der Waals surface area (Å²) in [7, 11) is 1.77. The summed E-state index contributed by atoms with van der Waals surface area (Å²) >= 11 is 0. The number of rotatable bonds is 3. The molecule has 0 aromatic heterocycles. The van der Waals surface area contributed by atoms with Gasteiger partial charge in [0.1, 0.15) is 6.23 Å². The van der Waals surface area contributed by atoms with E-state index in [1.54, 1.807) is 7.11 Å². The Morgan fingerprint density at radius 1 is 1.25 bits per heavy atom. The van der Waals surface area contributed by atoms with Crippen LogP contribution in [-0.4, -0.2) is 24.8 Å². The quantitative estimate of drug-likeness (QED) is 0.723. The summed E-state index contributed by atoms with van der Waals surface area (Å²) in [6.07, 6.45) is 15.9. The molecule has 0 fully saturated rings. The van der Waals surface area contributed by atoms with Gasteiger partial charge in [0.25, 0.3) is 0 Å². The van der Waals surface area contributed by atoms with E-state index in [0.29, 0.717) is 5.92 Å². The van der Waals surface area contributed by atoms with Crippen LogP contribution < -0.4 is 0 Å². The molecule has 0 N–H and O–H groups in total. The number of ether oxygens (including phenoxy) is 1. The van der Waals surface area contributed by atoms with Crippen LogP contribution >= 0.6 is 0 Å². The second-order valence-electron chi connectivity index (χ2n) is 4.62. The topological polar surface area (TPSA) is 12.5 Å². The highest BCUT2D eigenvalue weighted by atomic mass is 16.5. The highest BCUT2D eigenvalue weighted by Crippen LogP contribution is 2.28. The van der Waals surface area contributed by atoms with Gasteiger partial charge in [-0.3, -0.25) is 0 Å². The third kappa shape index (κ3) is 2.56. The molecule has 1 heterocycles. The minimum absolute atomic E-state index is 0.183. The monoisotopic (exact) mass is 219 g/mol. The number of methoxy groups -OCH3 is 1. The van der Waals surface area contributed by atoms with Crippen molar-refractivity contribution in [2.75, 3.05) is 13.7 Å². The molecule has 2 rings (SSSR count). The Labute approximate surface area is 98.3 Å². The fraction of sp³-hybridized carbons (Fsp3) is 0.571. The summed E-state index contributed by atoms with van der Waals surface area (Å²) in [6, 6.07) is 0. The lowest BCUT2D eigenvalue weighted by Gasteiger charge is -2.36. The molecule has 2 nitrogen and oxygen atoms in total. The molecule has 0 amide bonds. The second kappa shape index (κ2) is 5.35. The molecule has 0 aromatic rings. The standard InChI is InChI=1S/C14H21NO/c1-12(16-2)15-10-6-9-14(11-15)13-7-4-3-5-8-13/h3-7,10,12-14H,8-9,11H2,1-2H3/t12-,13?,14+/m0/s1. The van der Waals surface area contributed by atoms with Crippen molar-refractivity contribution in [1.82, 2.24) is 4.90 Å². The highest BCUT2D eigenvalue weighted by molar-refractivity contribution is 5.13. The molecule has 16 heavy (non-hydrogen) atoms. The molecule has 0 radical (unpaired) electrons. The molecule has 1 aliphatic carbocycles. The smallest absolute Gasteiger partial charge is 0.126 e. The van der Waals surface area contributed by atoms with Crippen LogP contribution in [0.3, 0.4) is 0 Å². The van der Waals surface area contributed by atoms with E-state index in [2.05, 4.69) is 48.4 Å². The van der Waals surface area contributed by atoms with Crippen LogP contribution in [-0.2, 0) is 4.74 Å². The van der Waals surface area contributed by atoms with Crippen LogP contribution in [0.1, 0.15) is 19.8 Å². The van der Waals surface area contributed by atoms with Gasteiger partial charge in [0, 0.05) is 13.7 Å². The summed E-state index contributed by atoms with van der Waals surface area (Å²) in [6.45, 7) is 3.21. The molecular weight excluding hydrogens is 198 g/mol. The van der Waals surface area contributed by atoms with Gasteiger partial charge in [-0.1, -0.05) is 30.4 Å². The van der Waals surface area contributed by atoms with Crippen LogP contribution in [0.2, 0.25) is 0 Å². The van der Waals surface area contributed by atoms with E-state index in [0.717, 1.165) is 12.5 Å². The van der Waals surface area contributed by atoms with Crippen LogP contribution in [0.4, 0.5) is 0 Å². The Hall–Kier alpha value is -1.02. The van der Waals surface area contributed by atoms with E-state index in [4.69, 9.17) is 4.74 Å². The van der Waals surface area contributed by atoms with Crippen molar-refractivity contribution in [3.8, 4) is 0 Å². The Morgan fingerprint density at radius 3 is 2.81 bits per heavy atom. The van der Waals surface area contributed by atoms with E-state index in [9.17, 15) is 0 Å². The van der Waals surface area contributed by atoms with Crippen molar-refractivity contribution in [2.24, 2.45) is 11.8 Å². The summed E-state index contributed by atoms with van der Waals surface area (Å²) in [5.74, 6) is 1.42. The van der Waals surface area contributed by atoms with Crippen LogP contribution in [0.5, 0.6) is 0 Å². The van der Waals surface area contributed by atoms with Gasteiger partial charge in [0.2, 0.25) is 0 Å². The first kappa shape index (κ1) is 11.5. The molecule has 3 atom stereocenters. The lowest BCUT2D eigenvalue weighted by Crippen LogP contribution is -2.38. The molecule has 2 aliphatic rings. The van der Waals surface area contributed by atoms with Gasteiger partial charge in [-0.05, 0) is 37.8 Å². The van der Waals surface area contributed by atoms with Crippen molar-refractivity contribution >= 4 is 0 Å². The zero-order valence-corrected chi connectivity index (χ0v) is 10.2. The summed E-state index contributed by atoms with van der Waals surface area (Å²) in [5.41, 5.74) is 0. The van der Waals surface area contributed by atoms with Crippen LogP contribution in [0.15, 0.2) is 36.6 Å². The molecule has 0 bridgehead atoms. The molecule has 0 saturated heterocycles. The van der Waals surface area contributed by atoms with Gasteiger partial charge in [0.05, 0.1) is 0 Å². The Balaban J connectivity index is 1.96. The Kier molecular flexibility index (Phi) is 3.83. The van der Waals surface area contributed by atoms with Gasteiger partial charge in [-0.2, -0.15) is 0 Å². The Bertz CT molecular complexity index is 306. The largest absolute Gasteiger partial charge is 0.362 e. The maximum absolute atomic E-state index is 5.37. The third-order valence-corrected chi connectivity index (χ3v) is 3.61. The second-order valence-corrected chi connectivity index (χ2v) is 4.62. The molecule has 1 aliphatic heterocycles. The van der Waals surface area contributed by atoms with Crippen molar-refractivity contribution in [3.63, 3.8) is 0 Å². The van der Waals surface area contributed by atoms with Crippen LogP contribution in [0, 0.1) is 11.8 Å². The molecule has 2 heteroatoms. The number of allylic oxidation sites excluding steroid dienone is 5. The van der Waals surface area contributed by atoms with Crippen molar-refractivity contribution in [2.45, 2.75) is 26.0 Å². The summed E-state index contributed by atoms with van der Waals surface area (Å²) < 4.78 is 5.37. The lowest BCUT2D eigenvalue weighted by atomic mass is 9.83. The molecule has 0 saturated carbocycles. The Morgan fingerprint density at radius 2 is 2.12 bits per heavy atom. The zero-order valence-electron chi connectivity index (χ0n) is 10.2. The molecule has 1 unspecified atom stereocenters. The SMILES string of the molecule is CO[C@@H](C)N1C=CC[C@@H](C2C=CC=CC2)C1. The summed E-state index contributed by atoms with van der Waals surface area (Å²) in [5, 5.41) is 0. The van der Waals surface area contributed by atoms with Gasteiger partial charge < -0.3 is 9.64 Å². The maximum atomic E-state index is 5.37. The van der Waals surface area contributed by atoms with Gasteiger partial charge >= 0.3 is 0 Å². The predicted molar refractivity (Wildman–Crippen MR) is 66.8 cm³/mol. The third-order valence-electron chi connectivity index (χ3n) is 3.61. The van der Waals surface area contributed by atoms with E-state index < -0.39 is 0 Å². The number of nitrogens with zero attached hydrogens (tertiary/aromatic N) is 1. The first-order valence-corrected chi connectivity index (χ1v) is 6.10. The van der Waals surface area contributed by atoms with Crippen molar-refractivity contribution in [1.29, 1.82) is 0 Å². The minimum atomic E-state index is 0.183. The molecule has 0 aromatic carbocycles. The normalized spacial score (nSPS) is 30.8. The predicted octanol–water partition coefficient (Wildman–Crippen LogP) is 2.95. The fourth-order valence-electron chi connectivity index (χ4n) is 2.44. The number of hydrogen-bond donors (Lipinski definition) is 0. The van der Waals surface area contributed by atoms with E-state index in [1.165, 1.54) is 12.8 Å². The van der Waals surface area contributed by atoms with E-state index in [1.807, 2.05) is 0 Å². The lowest BCUT2D eigenvalue weighted by molar-refractivity contribution is -0.00450. The van der Waals surface area contributed by atoms with Gasteiger partial charge in [-0.25, -0.2) is 0 Å². The maximum Gasteiger partial charge on any atom is 0.126 e.